The van der Waals surface area contributed by atoms with Crippen LogP contribution < -0.4 is 5.32 Å². The van der Waals surface area contributed by atoms with E-state index in [4.69, 9.17) is 11.6 Å². The Bertz CT molecular complexity index is 665. The molecule has 0 aromatic heterocycles. The fourth-order valence-electron chi connectivity index (χ4n) is 1.84. The Kier molecular flexibility index (Phi) is 4.45. The van der Waals surface area contributed by atoms with E-state index < -0.39 is 5.82 Å². The molecule has 0 aliphatic carbocycles. The summed E-state index contributed by atoms with van der Waals surface area (Å²) < 4.78 is 13.6. The van der Waals surface area contributed by atoms with Crippen LogP contribution >= 0.6 is 27.5 Å². The highest BCUT2D eigenvalue weighted by atomic mass is 79.9. The van der Waals surface area contributed by atoms with Gasteiger partial charge in [-0.3, -0.25) is 4.79 Å². The molecule has 104 valence electrons. The molecule has 0 radical (unpaired) electrons. The molecule has 5 heteroatoms. The quantitative estimate of drug-likeness (QED) is 0.796. The predicted octanol–water partition coefficient (Wildman–Crippen LogP) is 5.11. The molecule has 2 aromatic rings. The van der Waals surface area contributed by atoms with Gasteiger partial charge in [-0.05, 0) is 59.1 Å². The first-order valence-corrected chi connectivity index (χ1v) is 7.09. The van der Waals surface area contributed by atoms with Gasteiger partial charge in [-0.2, -0.15) is 0 Å². The van der Waals surface area contributed by atoms with E-state index in [2.05, 4.69) is 21.2 Å². The maximum atomic E-state index is 13.2. The van der Waals surface area contributed by atoms with Gasteiger partial charge in [0.05, 0.1) is 10.7 Å². The minimum atomic E-state index is -0.466. The maximum Gasteiger partial charge on any atom is 0.256 e. The summed E-state index contributed by atoms with van der Waals surface area (Å²) >= 11 is 9.15. The second-order valence-electron chi connectivity index (χ2n) is 4.45. The Hall–Kier alpha value is -1.39. The fraction of sp³-hybridized carbons (Fsp3) is 0.133. The first-order valence-electron chi connectivity index (χ1n) is 5.92. The van der Waals surface area contributed by atoms with Crippen molar-refractivity contribution in [2.45, 2.75) is 13.8 Å². The molecule has 1 N–H and O–H groups in total. The van der Waals surface area contributed by atoms with Crippen LogP contribution in [0.25, 0.3) is 0 Å². The molecule has 0 spiro atoms. The number of benzene rings is 2. The SMILES string of the molecule is Cc1cccc(C(=O)Nc2c(Cl)cc(F)cc2Br)c1C. The fourth-order valence-corrected chi connectivity index (χ4v) is 2.74. The van der Waals surface area contributed by atoms with Gasteiger partial charge in [0.2, 0.25) is 0 Å². The van der Waals surface area contributed by atoms with Crippen molar-refractivity contribution in [3.63, 3.8) is 0 Å². The number of rotatable bonds is 2. The van der Waals surface area contributed by atoms with Gasteiger partial charge in [0, 0.05) is 10.0 Å². The van der Waals surface area contributed by atoms with Crippen molar-refractivity contribution in [2.75, 3.05) is 5.32 Å². The van der Waals surface area contributed by atoms with Crippen LogP contribution in [0.1, 0.15) is 21.5 Å². The average Bonchev–Trinajstić information content (AvgIpc) is 2.36. The molecule has 2 rings (SSSR count). The van der Waals surface area contributed by atoms with Gasteiger partial charge in [-0.25, -0.2) is 4.39 Å². The minimum Gasteiger partial charge on any atom is -0.320 e. The van der Waals surface area contributed by atoms with E-state index >= 15 is 0 Å². The zero-order valence-electron chi connectivity index (χ0n) is 10.9. The monoisotopic (exact) mass is 355 g/mol. The van der Waals surface area contributed by atoms with Crippen LogP contribution in [0.4, 0.5) is 10.1 Å². The summed E-state index contributed by atoms with van der Waals surface area (Å²) in [5, 5.41) is 2.85. The highest BCUT2D eigenvalue weighted by Crippen LogP contribution is 2.32. The van der Waals surface area contributed by atoms with Crippen molar-refractivity contribution in [3.8, 4) is 0 Å². The van der Waals surface area contributed by atoms with Crippen LogP contribution in [0.5, 0.6) is 0 Å². The van der Waals surface area contributed by atoms with Gasteiger partial charge in [0.25, 0.3) is 5.91 Å². The summed E-state index contributed by atoms with van der Waals surface area (Å²) in [5.74, 6) is -0.744. The normalized spacial score (nSPS) is 10.4. The molecular formula is C15H12BrClFNO. The number of nitrogens with one attached hydrogen (secondary N) is 1. The summed E-state index contributed by atoms with van der Waals surface area (Å²) in [6, 6.07) is 7.91. The van der Waals surface area contributed by atoms with E-state index in [1.807, 2.05) is 26.0 Å². The molecule has 2 nitrogen and oxygen atoms in total. The lowest BCUT2D eigenvalue weighted by atomic mass is 10.0. The molecule has 0 aliphatic rings. The van der Waals surface area contributed by atoms with Gasteiger partial charge < -0.3 is 5.32 Å². The van der Waals surface area contributed by atoms with E-state index in [-0.39, 0.29) is 10.9 Å². The second-order valence-corrected chi connectivity index (χ2v) is 5.71. The predicted molar refractivity (Wildman–Crippen MR) is 83.0 cm³/mol. The number of anilines is 1. The van der Waals surface area contributed by atoms with Crippen molar-refractivity contribution in [1.29, 1.82) is 0 Å². The van der Waals surface area contributed by atoms with Gasteiger partial charge in [-0.1, -0.05) is 23.7 Å². The highest BCUT2D eigenvalue weighted by Gasteiger charge is 2.15. The molecule has 2 aromatic carbocycles. The van der Waals surface area contributed by atoms with Crippen LogP contribution in [0, 0.1) is 19.7 Å². The maximum absolute atomic E-state index is 13.2. The van der Waals surface area contributed by atoms with Crippen LogP contribution in [0.3, 0.4) is 0 Å². The van der Waals surface area contributed by atoms with Crippen molar-refractivity contribution in [1.82, 2.24) is 0 Å². The van der Waals surface area contributed by atoms with E-state index in [0.29, 0.717) is 15.7 Å². The first-order chi connectivity index (χ1) is 9.40. The van der Waals surface area contributed by atoms with Crippen LogP contribution in [0.15, 0.2) is 34.8 Å². The number of carbonyl (C=O) groups is 1. The Balaban J connectivity index is 2.36. The molecule has 0 heterocycles. The molecule has 0 bridgehead atoms. The lowest BCUT2D eigenvalue weighted by molar-refractivity contribution is 0.102. The molecule has 1 amide bonds. The third-order valence-corrected chi connectivity index (χ3v) is 4.02. The summed E-state index contributed by atoms with van der Waals surface area (Å²) in [6.45, 7) is 3.82. The van der Waals surface area contributed by atoms with Crippen molar-refractivity contribution in [2.24, 2.45) is 0 Å². The van der Waals surface area contributed by atoms with Crippen LogP contribution in [-0.4, -0.2) is 5.91 Å². The van der Waals surface area contributed by atoms with E-state index in [1.54, 1.807) is 6.07 Å². The first kappa shape index (κ1) is 15.0. The molecule has 0 unspecified atom stereocenters. The Morgan fingerprint density at radius 2 is 2.00 bits per heavy atom. The van der Waals surface area contributed by atoms with Gasteiger partial charge in [0.1, 0.15) is 5.82 Å². The number of carbonyl (C=O) groups excluding carboxylic acids is 1. The van der Waals surface area contributed by atoms with Crippen molar-refractivity contribution in [3.05, 3.63) is 62.3 Å². The lowest BCUT2D eigenvalue weighted by Crippen LogP contribution is -2.14. The molecule has 0 saturated heterocycles. The zero-order chi connectivity index (χ0) is 14.9. The zero-order valence-corrected chi connectivity index (χ0v) is 13.3. The number of hydrogen-bond acceptors (Lipinski definition) is 1. The van der Waals surface area contributed by atoms with Gasteiger partial charge >= 0.3 is 0 Å². The van der Waals surface area contributed by atoms with Gasteiger partial charge in [0.15, 0.2) is 0 Å². The number of halogens is 3. The number of amides is 1. The smallest absolute Gasteiger partial charge is 0.256 e. The second kappa shape index (κ2) is 5.94. The van der Waals surface area contributed by atoms with Gasteiger partial charge in [-0.15, -0.1) is 0 Å². The molecule has 0 saturated carbocycles. The average molecular weight is 357 g/mol. The Morgan fingerprint density at radius 3 is 2.65 bits per heavy atom. The minimum absolute atomic E-state index is 0.149. The largest absolute Gasteiger partial charge is 0.320 e. The Labute approximate surface area is 130 Å². The van der Waals surface area contributed by atoms with Crippen LogP contribution in [-0.2, 0) is 0 Å². The van der Waals surface area contributed by atoms with Crippen molar-refractivity contribution < 1.29 is 9.18 Å². The van der Waals surface area contributed by atoms with Crippen molar-refractivity contribution >= 4 is 39.1 Å². The third-order valence-electron chi connectivity index (χ3n) is 3.09. The topological polar surface area (TPSA) is 29.1 Å². The Morgan fingerprint density at radius 1 is 1.30 bits per heavy atom. The molecule has 0 fully saturated rings. The lowest BCUT2D eigenvalue weighted by Gasteiger charge is -2.12. The molecule has 20 heavy (non-hydrogen) atoms. The highest BCUT2D eigenvalue weighted by molar-refractivity contribution is 9.10. The summed E-state index contributed by atoms with van der Waals surface area (Å²) in [4.78, 5) is 12.3. The standard InChI is InChI=1S/C15H12BrClFNO/c1-8-4-3-5-11(9(8)2)15(20)19-14-12(16)6-10(18)7-13(14)17/h3-7H,1-2H3,(H,19,20). The van der Waals surface area contributed by atoms with E-state index in [1.165, 1.54) is 6.07 Å². The van der Waals surface area contributed by atoms with E-state index in [9.17, 15) is 9.18 Å². The number of aryl methyl sites for hydroxylation is 1. The molecule has 0 atom stereocenters. The molecule has 0 aliphatic heterocycles. The number of hydrogen-bond donors (Lipinski definition) is 1. The summed E-state index contributed by atoms with van der Waals surface area (Å²) in [6.07, 6.45) is 0. The summed E-state index contributed by atoms with van der Waals surface area (Å²) in [7, 11) is 0. The molecular weight excluding hydrogens is 345 g/mol. The van der Waals surface area contributed by atoms with E-state index in [0.717, 1.165) is 17.2 Å². The summed E-state index contributed by atoms with van der Waals surface area (Å²) in [5.41, 5.74) is 2.86. The van der Waals surface area contributed by atoms with Crippen LogP contribution in [0.2, 0.25) is 5.02 Å². The third kappa shape index (κ3) is 3.02.